The molecule has 0 unspecified atom stereocenters. The molecular weight excluding hydrogens is 370 g/mol. The first-order valence-corrected chi connectivity index (χ1v) is 9.72. The van der Waals surface area contributed by atoms with Gasteiger partial charge in [0.25, 0.3) is 5.91 Å². The van der Waals surface area contributed by atoms with Crippen molar-refractivity contribution in [2.75, 3.05) is 18.1 Å². The number of nitrogens with zero attached hydrogens (tertiary/aromatic N) is 1. The normalized spacial score (nSPS) is 18.4. The summed E-state index contributed by atoms with van der Waals surface area (Å²) in [5.41, 5.74) is 2.80. The van der Waals surface area contributed by atoms with E-state index in [4.69, 9.17) is 14.2 Å². The van der Waals surface area contributed by atoms with Gasteiger partial charge in [0.05, 0.1) is 0 Å². The third-order valence-electron chi connectivity index (χ3n) is 5.06. The topological polar surface area (TPSA) is 65.1 Å². The Hall–Kier alpha value is -3.28. The number of ether oxygens (including phenoxy) is 3. The van der Waals surface area contributed by atoms with E-state index in [9.17, 15) is 9.59 Å². The van der Waals surface area contributed by atoms with Gasteiger partial charge in [-0.1, -0.05) is 24.3 Å². The Morgan fingerprint density at radius 3 is 2.72 bits per heavy atom. The third-order valence-corrected chi connectivity index (χ3v) is 5.06. The van der Waals surface area contributed by atoms with Crippen LogP contribution in [0.15, 0.2) is 48.5 Å². The van der Waals surface area contributed by atoms with Gasteiger partial charge in [0.15, 0.2) is 17.6 Å². The zero-order chi connectivity index (χ0) is 20.4. The van der Waals surface area contributed by atoms with Crippen molar-refractivity contribution < 1.29 is 23.8 Å². The van der Waals surface area contributed by atoms with Gasteiger partial charge in [0.2, 0.25) is 0 Å². The number of fused-ring (bicyclic) bond motifs is 2. The van der Waals surface area contributed by atoms with E-state index in [2.05, 4.69) is 0 Å². The number of benzene rings is 2. The van der Waals surface area contributed by atoms with Crippen LogP contribution in [0.2, 0.25) is 0 Å². The van der Waals surface area contributed by atoms with E-state index in [1.54, 1.807) is 30.0 Å². The van der Waals surface area contributed by atoms with Gasteiger partial charge in [-0.3, -0.25) is 4.79 Å². The van der Waals surface area contributed by atoms with Crippen LogP contribution in [0.4, 0.5) is 5.69 Å². The molecule has 0 aromatic heterocycles. The summed E-state index contributed by atoms with van der Waals surface area (Å²) in [5.74, 6) is 0.552. The minimum absolute atomic E-state index is 0.0364. The zero-order valence-electron chi connectivity index (χ0n) is 16.5. The maximum atomic E-state index is 12.9. The van der Waals surface area contributed by atoms with Crippen LogP contribution in [0.5, 0.6) is 11.5 Å². The largest absolute Gasteiger partial charge is 0.486 e. The lowest BCUT2D eigenvalue weighted by atomic mass is 10.1. The Kier molecular flexibility index (Phi) is 5.25. The van der Waals surface area contributed by atoms with Crippen molar-refractivity contribution in [3.05, 3.63) is 59.7 Å². The predicted octanol–water partition coefficient (Wildman–Crippen LogP) is 3.38. The number of anilines is 1. The molecule has 2 aliphatic heterocycles. The Labute approximate surface area is 169 Å². The Morgan fingerprint density at radius 2 is 1.90 bits per heavy atom. The number of para-hydroxylation sites is 1. The first-order valence-electron chi connectivity index (χ1n) is 9.72. The second kappa shape index (κ2) is 7.99. The highest BCUT2D eigenvalue weighted by molar-refractivity contribution is 6.00. The molecule has 2 heterocycles. The molecule has 6 heteroatoms. The van der Waals surface area contributed by atoms with Crippen LogP contribution < -0.4 is 14.4 Å². The summed E-state index contributed by atoms with van der Waals surface area (Å²) in [6, 6.07) is 13.3. The average molecular weight is 393 g/mol. The fraction of sp³-hybridized carbons (Fsp3) is 0.304. The lowest BCUT2D eigenvalue weighted by Gasteiger charge is -2.25. The zero-order valence-corrected chi connectivity index (χ0v) is 16.5. The first-order chi connectivity index (χ1) is 14.0. The summed E-state index contributed by atoms with van der Waals surface area (Å²) in [4.78, 5) is 26.8. The molecule has 0 saturated heterocycles. The smallest absolute Gasteiger partial charge is 0.331 e. The van der Waals surface area contributed by atoms with Crippen molar-refractivity contribution in [3.63, 3.8) is 0 Å². The molecule has 2 aromatic carbocycles. The molecule has 2 aliphatic rings. The molecule has 1 amide bonds. The number of rotatable bonds is 4. The molecule has 0 aliphatic carbocycles. The molecule has 0 spiro atoms. The van der Waals surface area contributed by atoms with Crippen molar-refractivity contribution in [3.8, 4) is 11.5 Å². The molecule has 0 bridgehead atoms. The number of hydrogen-bond acceptors (Lipinski definition) is 5. The van der Waals surface area contributed by atoms with E-state index < -0.39 is 12.1 Å². The van der Waals surface area contributed by atoms with Crippen LogP contribution in [0.3, 0.4) is 0 Å². The Balaban J connectivity index is 1.39. The predicted molar refractivity (Wildman–Crippen MR) is 109 cm³/mol. The highest BCUT2D eigenvalue weighted by atomic mass is 16.6. The van der Waals surface area contributed by atoms with Gasteiger partial charge < -0.3 is 19.1 Å². The molecule has 2 atom stereocenters. The summed E-state index contributed by atoms with van der Waals surface area (Å²) < 4.78 is 16.4. The third kappa shape index (κ3) is 3.97. The highest BCUT2D eigenvalue weighted by Crippen LogP contribution is 2.33. The van der Waals surface area contributed by atoms with Crippen LogP contribution in [-0.2, 0) is 20.7 Å². The van der Waals surface area contributed by atoms with Crippen LogP contribution in [0, 0.1) is 0 Å². The molecule has 4 rings (SSSR count). The van der Waals surface area contributed by atoms with Gasteiger partial charge in [-0.15, -0.1) is 0 Å². The molecular formula is C23H23NO5. The molecule has 6 nitrogen and oxygen atoms in total. The van der Waals surface area contributed by atoms with Crippen molar-refractivity contribution in [1.82, 2.24) is 0 Å². The van der Waals surface area contributed by atoms with Crippen LogP contribution >= 0.6 is 0 Å². The number of carbonyl (C=O) groups excluding carboxylic acids is 2. The van der Waals surface area contributed by atoms with Crippen LogP contribution in [0.1, 0.15) is 25.0 Å². The average Bonchev–Trinajstić information content (AvgIpc) is 3.07. The summed E-state index contributed by atoms with van der Waals surface area (Å²) in [6.07, 6.45) is 2.87. The Morgan fingerprint density at radius 1 is 1.14 bits per heavy atom. The lowest BCUT2D eigenvalue weighted by Crippen LogP contribution is -2.43. The summed E-state index contributed by atoms with van der Waals surface area (Å²) in [6.45, 7) is 4.63. The van der Waals surface area contributed by atoms with Crippen LogP contribution in [-0.4, -0.2) is 37.2 Å². The molecule has 150 valence electrons. The van der Waals surface area contributed by atoms with Crippen molar-refractivity contribution in [1.29, 1.82) is 0 Å². The minimum atomic E-state index is -0.874. The molecule has 0 radical (unpaired) electrons. The molecule has 0 N–H and O–H groups in total. The maximum absolute atomic E-state index is 12.9. The minimum Gasteiger partial charge on any atom is -0.486 e. The van der Waals surface area contributed by atoms with Gasteiger partial charge >= 0.3 is 5.97 Å². The molecule has 2 aromatic rings. The molecule has 0 fully saturated rings. The van der Waals surface area contributed by atoms with E-state index in [1.807, 2.05) is 37.3 Å². The second-order valence-corrected chi connectivity index (χ2v) is 7.21. The summed E-state index contributed by atoms with van der Waals surface area (Å²) in [7, 11) is 0. The maximum Gasteiger partial charge on any atom is 0.331 e. The quantitative estimate of drug-likeness (QED) is 0.589. The highest BCUT2D eigenvalue weighted by Gasteiger charge is 2.34. The number of amides is 1. The van der Waals surface area contributed by atoms with Gasteiger partial charge in [0.1, 0.15) is 13.2 Å². The molecule has 29 heavy (non-hydrogen) atoms. The van der Waals surface area contributed by atoms with Gasteiger partial charge in [-0.2, -0.15) is 0 Å². The van der Waals surface area contributed by atoms with E-state index in [0.29, 0.717) is 24.7 Å². The van der Waals surface area contributed by atoms with Crippen molar-refractivity contribution in [2.45, 2.75) is 32.4 Å². The van der Waals surface area contributed by atoms with Crippen LogP contribution in [0.25, 0.3) is 6.08 Å². The monoisotopic (exact) mass is 393 g/mol. The Bertz CT molecular complexity index is 967. The van der Waals surface area contributed by atoms with Gasteiger partial charge in [-0.25, -0.2) is 4.79 Å². The van der Waals surface area contributed by atoms with Gasteiger partial charge in [0, 0.05) is 17.8 Å². The number of carbonyl (C=O) groups is 2. The standard InChI is InChI=1S/C23H23NO5/c1-15-13-18-5-3-4-6-19(18)24(15)23(26)16(2)29-22(25)10-8-17-7-9-20-21(14-17)28-12-11-27-20/h3-10,14-16H,11-13H2,1-2H3/b10-8+/t15-,16+/m0/s1. The van der Waals surface area contributed by atoms with E-state index >= 15 is 0 Å². The SMILES string of the molecule is C[C@@H](OC(=O)/C=C/c1ccc2c(c1)OCCO2)C(=O)N1c2ccccc2C[C@@H]1C. The second-order valence-electron chi connectivity index (χ2n) is 7.21. The number of esters is 1. The summed E-state index contributed by atoms with van der Waals surface area (Å²) in [5, 5.41) is 0. The number of hydrogen-bond donors (Lipinski definition) is 0. The van der Waals surface area contributed by atoms with Crippen molar-refractivity contribution in [2.24, 2.45) is 0 Å². The van der Waals surface area contributed by atoms with Gasteiger partial charge in [-0.05, 0) is 55.7 Å². The molecule has 0 saturated carbocycles. The summed E-state index contributed by atoms with van der Waals surface area (Å²) >= 11 is 0. The van der Waals surface area contributed by atoms with Crippen molar-refractivity contribution >= 4 is 23.6 Å². The fourth-order valence-electron chi connectivity index (χ4n) is 3.69. The fourth-order valence-corrected chi connectivity index (χ4v) is 3.69. The lowest BCUT2D eigenvalue weighted by molar-refractivity contribution is -0.149. The van der Waals surface area contributed by atoms with E-state index in [1.165, 1.54) is 6.08 Å². The van der Waals surface area contributed by atoms with E-state index in [0.717, 1.165) is 23.2 Å². The van der Waals surface area contributed by atoms with E-state index in [-0.39, 0.29) is 11.9 Å². The first kappa shape index (κ1) is 19.1.